The van der Waals surface area contributed by atoms with Crippen molar-refractivity contribution in [2.24, 2.45) is 0 Å². The molecular formula is C15H10BrClFN3. The van der Waals surface area contributed by atoms with Crippen LogP contribution in [0.1, 0.15) is 0 Å². The van der Waals surface area contributed by atoms with Crippen molar-refractivity contribution in [3.05, 3.63) is 57.8 Å². The maximum atomic E-state index is 13.7. The van der Waals surface area contributed by atoms with E-state index in [-0.39, 0.29) is 5.82 Å². The van der Waals surface area contributed by atoms with Crippen molar-refractivity contribution < 1.29 is 4.39 Å². The Bertz CT molecular complexity index is 816. The van der Waals surface area contributed by atoms with E-state index in [1.54, 1.807) is 18.2 Å². The summed E-state index contributed by atoms with van der Waals surface area (Å²) in [6.45, 7) is 0. The monoisotopic (exact) mass is 365 g/mol. The van der Waals surface area contributed by atoms with E-state index in [9.17, 15) is 4.39 Å². The molecular weight excluding hydrogens is 357 g/mol. The van der Waals surface area contributed by atoms with Gasteiger partial charge < -0.3 is 5.73 Å². The van der Waals surface area contributed by atoms with Gasteiger partial charge in [0.15, 0.2) is 5.82 Å². The minimum absolute atomic E-state index is 0.314. The average molecular weight is 367 g/mol. The molecule has 0 bridgehead atoms. The Morgan fingerprint density at radius 2 is 1.81 bits per heavy atom. The zero-order chi connectivity index (χ0) is 15.0. The number of aromatic nitrogens is 2. The summed E-state index contributed by atoms with van der Waals surface area (Å²) in [6.07, 6.45) is 0. The van der Waals surface area contributed by atoms with Crippen LogP contribution in [-0.2, 0) is 0 Å². The SMILES string of the molecule is Nc1n[nH]c(-c2cccc(F)c2Br)c1-c1ccccc1Cl. The lowest BCUT2D eigenvalue weighted by molar-refractivity contribution is 0.621. The third kappa shape index (κ3) is 2.43. The van der Waals surface area contributed by atoms with Crippen LogP contribution in [-0.4, -0.2) is 10.2 Å². The van der Waals surface area contributed by atoms with Crippen molar-refractivity contribution >= 4 is 33.3 Å². The lowest BCUT2D eigenvalue weighted by Crippen LogP contribution is -1.90. The summed E-state index contributed by atoms with van der Waals surface area (Å²) in [7, 11) is 0. The molecule has 0 radical (unpaired) electrons. The molecule has 0 unspecified atom stereocenters. The number of nitrogens with two attached hydrogens (primary N) is 1. The fourth-order valence-corrected chi connectivity index (χ4v) is 2.88. The van der Waals surface area contributed by atoms with Crippen molar-refractivity contribution in [3.63, 3.8) is 0 Å². The number of aromatic amines is 1. The first kappa shape index (κ1) is 14.1. The molecule has 0 saturated carbocycles. The molecule has 3 N–H and O–H groups in total. The molecule has 0 atom stereocenters. The number of nitrogen functional groups attached to an aromatic ring is 1. The van der Waals surface area contributed by atoms with Gasteiger partial charge in [-0.25, -0.2) is 4.39 Å². The number of nitrogens with one attached hydrogen (secondary N) is 1. The van der Waals surface area contributed by atoms with Gasteiger partial charge in [-0.05, 0) is 28.1 Å². The maximum absolute atomic E-state index is 13.7. The number of H-pyrrole nitrogens is 1. The number of benzene rings is 2. The first-order valence-electron chi connectivity index (χ1n) is 6.12. The zero-order valence-corrected chi connectivity index (χ0v) is 13.0. The fourth-order valence-electron chi connectivity index (χ4n) is 2.18. The highest BCUT2D eigenvalue weighted by Gasteiger charge is 2.19. The van der Waals surface area contributed by atoms with Gasteiger partial charge in [0.1, 0.15) is 5.82 Å². The lowest BCUT2D eigenvalue weighted by Gasteiger charge is -2.08. The molecule has 1 aromatic heterocycles. The topological polar surface area (TPSA) is 54.7 Å². The number of nitrogens with zero attached hydrogens (tertiary/aromatic N) is 1. The molecule has 3 aromatic rings. The number of anilines is 1. The van der Waals surface area contributed by atoms with Crippen molar-refractivity contribution in [2.75, 3.05) is 5.73 Å². The lowest BCUT2D eigenvalue weighted by atomic mass is 10.0. The highest BCUT2D eigenvalue weighted by molar-refractivity contribution is 9.10. The summed E-state index contributed by atoms with van der Waals surface area (Å²) >= 11 is 9.49. The molecule has 2 aromatic carbocycles. The van der Waals surface area contributed by atoms with Crippen LogP contribution in [0.4, 0.5) is 10.2 Å². The standard InChI is InChI=1S/C15H10BrClFN3/c16-13-9(5-3-7-11(13)18)14-12(15(19)21-20-14)8-4-1-2-6-10(8)17/h1-7H,(H3,19,20,21). The molecule has 0 aliphatic carbocycles. The van der Waals surface area contributed by atoms with Crippen LogP contribution in [0.2, 0.25) is 5.02 Å². The Morgan fingerprint density at radius 1 is 1.10 bits per heavy atom. The fraction of sp³-hybridized carbons (Fsp3) is 0. The van der Waals surface area contributed by atoms with Crippen LogP contribution < -0.4 is 5.73 Å². The van der Waals surface area contributed by atoms with Crippen molar-refractivity contribution in [1.82, 2.24) is 10.2 Å². The predicted molar refractivity (Wildman–Crippen MR) is 86.5 cm³/mol. The van der Waals surface area contributed by atoms with Gasteiger partial charge >= 0.3 is 0 Å². The average Bonchev–Trinajstić information content (AvgIpc) is 2.84. The van der Waals surface area contributed by atoms with Gasteiger partial charge in [0.25, 0.3) is 0 Å². The number of rotatable bonds is 2. The summed E-state index contributed by atoms with van der Waals surface area (Å²) in [5.74, 6) is -0.0416. The van der Waals surface area contributed by atoms with E-state index in [0.29, 0.717) is 32.1 Å². The van der Waals surface area contributed by atoms with E-state index in [4.69, 9.17) is 17.3 Å². The van der Waals surface area contributed by atoms with E-state index in [1.807, 2.05) is 18.2 Å². The summed E-state index contributed by atoms with van der Waals surface area (Å²) in [5.41, 5.74) is 8.61. The van der Waals surface area contributed by atoms with Crippen LogP contribution in [0.15, 0.2) is 46.9 Å². The molecule has 0 aliphatic heterocycles. The van der Waals surface area contributed by atoms with Gasteiger partial charge in [-0.3, -0.25) is 5.10 Å². The molecule has 0 saturated heterocycles. The Morgan fingerprint density at radius 3 is 2.57 bits per heavy atom. The highest BCUT2D eigenvalue weighted by Crippen LogP contribution is 2.40. The second-order valence-corrected chi connectivity index (χ2v) is 5.64. The molecule has 21 heavy (non-hydrogen) atoms. The Balaban J connectivity index is 2.28. The van der Waals surface area contributed by atoms with E-state index < -0.39 is 0 Å². The van der Waals surface area contributed by atoms with Crippen molar-refractivity contribution in [1.29, 1.82) is 0 Å². The molecule has 0 fully saturated rings. The molecule has 3 nitrogen and oxygen atoms in total. The van der Waals surface area contributed by atoms with Crippen molar-refractivity contribution in [2.45, 2.75) is 0 Å². The van der Waals surface area contributed by atoms with Gasteiger partial charge in [-0.15, -0.1) is 0 Å². The van der Waals surface area contributed by atoms with Gasteiger partial charge in [-0.1, -0.05) is 41.9 Å². The first-order valence-corrected chi connectivity index (χ1v) is 7.30. The normalized spacial score (nSPS) is 10.8. The minimum atomic E-state index is -0.356. The quantitative estimate of drug-likeness (QED) is 0.679. The van der Waals surface area contributed by atoms with Gasteiger partial charge in [0.2, 0.25) is 0 Å². The van der Waals surface area contributed by atoms with Crippen LogP contribution in [0, 0.1) is 5.82 Å². The Kier molecular flexibility index (Phi) is 3.69. The third-order valence-corrected chi connectivity index (χ3v) is 4.29. The van der Waals surface area contributed by atoms with E-state index >= 15 is 0 Å². The number of hydrogen-bond acceptors (Lipinski definition) is 2. The predicted octanol–water partition coefficient (Wildman–Crippen LogP) is 4.88. The van der Waals surface area contributed by atoms with Crippen LogP contribution in [0.3, 0.4) is 0 Å². The first-order chi connectivity index (χ1) is 10.1. The molecule has 6 heteroatoms. The zero-order valence-electron chi connectivity index (χ0n) is 10.7. The van der Waals surface area contributed by atoms with Crippen molar-refractivity contribution in [3.8, 4) is 22.4 Å². The molecule has 3 rings (SSSR count). The van der Waals surface area contributed by atoms with Gasteiger partial charge in [-0.2, -0.15) is 5.10 Å². The van der Waals surface area contributed by atoms with Gasteiger partial charge in [0, 0.05) is 16.1 Å². The summed E-state index contributed by atoms with van der Waals surface area (Å²) in [6, 6.07) is 12.1. The van der Waals surface area contributed by atoms with E-state index in [1.165, 1.54) is 6.07 Å². The molecule has 0 spiro atoms. The van der Waals surface area contributed by atoms with Crippen LogP contribution in [0.5, 0.6) is 0 Å². The maximum Gasteiger partial charge on any atom is 0.153 e. The van der Waals surface area contributed by atoms with E-state index in [0.717, 1.165) is 5.56 Å². The Hall–Kier alpha value is -1.85. The summed E-state index contributed by atoms with van der Waals surface area (Å²) in [4.78, 5) is 0. The smallest absolute Gasteiger partial charge is 0.153 e. The second-order valence-electron chi connectivity index (χ2n) is 4.44. The molecule has 0 amide bonds. The molecule has 1 heterocycles. The molecule has 106 valence electrons. The highest BCUT2D eigenvalue weighted by atomic mass is 79.9. The van der Waals surface area contributed by atoms with Crippen LogP contribution >= 0.6 is 27.5 Å². The van der Waals surface area contributed by atoms with E-state index in [2.05, 4.69) is 26.1 Å². The Labute approximate surface area is 134 Å². The number of hydrogen-bond donors (Lipinski definition) is 2. The second kappa shape index (κ2) is 5.50. The largest absolute Gasteiger partial charge is 0.382 e. The number of halogens is 3. The summed E-state index contributed by atoms with van der Waals surface area (Å²) < 4.78 is 14.1. The molecule has 0 aliphatic rings. The minimum Gasteiger partial charge on any atom is -0.382 e. The van der Waals surface area contributed by atoms with Gasteiger partial charge in [0.05, 0.1) is 15.7 Å². The third-order valence-electron chi connectivity index (χ3n) is 3.16. The summed E-state index contributed by atoms with van der Waals surface area (Å²) in [5, 5.41) is 7.44. The van der Waals surface area contributed by atoms with Crippen LogP contribution in [0.25, 0.3) is 22.4 Å².